The summed E-state index contributed by atoms with van der Waals surface area (Å²) < 4.78 is 0. The molecule has 2 aromatic rings. The third kappa shape index (κ3) is 5.19. The first-order valence-electron chi connectivity index (χ1n) is 7.13. The van der Waals surface area contributed by atoms with Crippen LogP contribution in [-0.4, -0.2) is 34.8 Å². The van der Waals surface area contributed by atoms with E-state index in [-0.39, 0.29) is 18.1 Å². The zero-order valence-corrected chi connectivity index (χ0v) is 12.7. The summed E-state index contributed by atoms with van der Waals surface area (Å²) in [6.45, 7) is -0.00222. The molecule has 0 aliphatic carbocycles. The van der Waals surface area contributed by atoms with Crippen molar-refractivity contribution < 1.29 is 19.9 Å². The maximum absolute atomic E-state index is 12.0. The molecule has 0 aliphatic rings. The summed E-state index contributed by atoms with van der Waals surface area (Å²) in [7, 11) is 0. The normalized spacial score (nSPS) is 11.0. The van der Waals surface area contributed by atoms with E-state index in [1.165, 1.54) is 23.8 Å². The summed E-state index contributed by atoms with van der Waals surface area (Å²) in [6.07, 6.45) is 4.22. The van der Waals surface area contributed by atoms with Gasteiger partial charge in [0.05, 0.1) is 0 Å². The van der Waals surface area contributed by atoms with Crippen molar-refractivity contribution in [3.63, 3.8) is 0 Å². The molecule has 0 atom stereocenters. The van der Waals surface area contributed by atoms with Crippen LogP contribution in [0.25, 0.3) is 6.08 Å². The average molecular weight is 324 g/mol. The van der Waals surface area contributed by atoms with Crippen molar-refractivity contribution in [3.05, 3.63) is 71.3 Å². The van der Waals surface area contributed by atoms with E-state index in [0.717, 1.165) is 5.56 Å². The predicted octanol–water partition coefficient (Wildman–Crippen LogP) is 2.21. The molecule has 24 heavy (non-hydrogen) atoms. The van der Waals surface area contributed by atoms with E-state index in [2.05, 4.69) is 4.99 Å². The van der Waals surface area contributed by atoms with Gasteiger partial charge in [0.1, 0.15) is 12.3 Å². The number of benzene rings is 2. The van der Waals surface area contributed by atoms with E-state index in [1.807, 2.05) is 0 Å². The van der Waals surface area contributed by atoms with E-state index in [0.29, 0.717) is 11.1 Å². The summed E-state index contributed by atoms with van der Waals surface area (Å²) in [5.74, 6) is -0.629. The lowest BCUT2D eigenvalue weighted by Crippen LogP contribution is -2.14. The number of nitrogens with one attached hydrogen (secondary N) is 1. The third-order valence-electron chi connectivity index (χ3n) is 3.12. The van der Waals surface area contributed by atoms with Crippen molar-refractivity contribution >= 4 is 24.0 Å². The van der Waals surface area contributed by atoms with Gasteiger partial charge in [0.15, 0.2) is 5.78 Å². The van der Waals surface area contributed by atoms with Crippen LogP contribution in [0.3, 0.4) is 0 Å². The SMILES string of the molecule is O=C(/C=C/c1ccc(C(=O)CN=Cc2cccc(O)c2)cc1)NO. The molecule has 0 saturated carbocycles. The van der Waals surface area contributed by atoms with Crippen molar-refractivity contribution in [2.75, 3.05) is 6.54 Å². The van der Waals surface area contributed by atoms with E-state index in [1.54, 1.807) is 48.5 Å². The smallest absolute Gasteiger partial charge is 0.267 e. The number of phenolic OH excluding ortho intramolecular Hbond substituents is 1. The van der Waals surface area contributed by atoms with Crippen molar-refractivity contribution in [2.24, 2.45) is 4.99 Å². The van der Waals surface area contributed by atoms with E-state index in [9.17, 15) is 14.7 Å². The number of Topliss-reactive ketones (excluding diaryl/α,β-unsaturated/α-hetero) is 1. The molecule has 2 rings (SSSR count). The second kappa shape index (κ2) is 8.40. The number of amides is 1. The summed E-state index contributed by atoms with van der Waals surface area (Å²) in [5, 5.41) is 17.7. The molecule has 6 heteroatoms. The Morgan fingerprint density at radius 1 is 1.08 bits per heavy atom. The van der Waals surface area contributed by atoms with Gasteiger partial charge in [-0.25, -0.2) is 5.48 Å². The number of rotatable bonds is 6. The highest BCUT2D eigenvalue weighted by Gasteiger charge is 2.04. The average Bonchev–Trinajstić information content (AvgIpc) is 2.60. The minimum Gasteiger partial charge on any atom is -0.508 e. The molecule has 1 amide bonds. The van der Waals surface area contributed by atoms with Gasteiger partial charge < -0.3 is 5.11 Å². The number of aliphatic imine (C=N–C) groups is 1. The van der Waals surface area contributed by atoms with Gasteiger partial charge in [-0.05, 0) is 29.3 Å². The Balaban J connectivity index is 1.95. The fourth-order valence-electron chi connectivity index (χ4n) is 1.92. The van der Waals surface area contributed by atoms with Crippen molar-refractivity contribution in [1.82, 2.24) is 5.48 Å². The molecule has 0 aromatic heterocycles. The minimum absolute atomic E-state index is 0.00222. The van der Waals surface area contributed by atoms with E-state index >= 15 is 0 Å². The van der Waals surface area contributed by atoms with Crippen LogP contribution in [0.1, 0.15) is 21.5 Å². The molecule has 122 valence electrons. The van der Waals surface area contributed by atoms with Crippen molar-refractivity contribution in [3.8, 4) is 5.75 Å². The van der Waals surface area contributed by atoms with Crippen LogP contribution in [0.5, 0.6) is 5.75 Å². The van der Waals surface area contributed by atoms with Gasteiger partial charge in [-0.1, -0.05) is 36.4 Å². The van der Waals surface area contributed by atoms with Gasteiger partial charge in [-0.15, -0.1) is 0 Å². The van der Waals surface area contributed by atoms with Crippen LogP contribution < -0.4 is 5.48 Å². The largest absolute Gasteiger partial charge is 0.508 e. The van der Waals surface area contributed by atoms with Gasteiger partial charge in [0, 0.05) is 17.9 Å². The van der Waals surface area contributed by atoms with Crippen LogP contribution in [0.4, 0.5) is 0 Å². The summed E-state index contributed by atoms with van der Waals surface area (Å²) in [6, 6.07) is 13.2. The summed E-state index contributed by atoms with van der Waals surface area (Å²) in [5.41, 5.74) is 3.43. The van der Waals surface area contributed by atoms with E-state index < -0.39 is 5.91 Å². The lowest BCUT2D eigenvalue weighted by Gasteiger charge is -1.99. The topological polar surface area (TPSA) is 99.0 Å². The number of aromatic hydroxyl groups is 1. The first kappa shape index (κ1) is 17.1. The summed E-state index contributed by atoms with van der Waals surface area (Å²) in [4.78, 5) is 27.0. The predicted molar refractivity (Wildman–Crippen MR) is 90.3 cm³/mol. The van der Waals surface area contributed by atoms with Crippen LogP contribution >= 0.6 is 0 Å². The zero-order valence-electron chi connectivity index (χ0n) is 12.7. The third-order valence-corrected chi connectivity index (χ3v) is 3.12. The first-order valence-corrected chi connectivity index (χ1v) is 7.13. The Labute approximate surface area is 138 Å². The van der Waals surface area contributed by atoms with Crippen LogP contribution in [0, 0.1) is 0 Å². The second-order valence-corrected chi connectivity index (χ2v) is 4.92. The van der Waals surface area contributed by atoms with Crippen molar-refractivity contribution in [1.29, 1.82) is 0 Å². The van der Waals surface area contributed by atoms with Gasteiger partial charge in [0.25, 0.3) is 5.91 Å². The van der Waals surface area contributed by atoms with Gasteiger partial charge >= 0.3 is 0 Å². The fraction of sp³-hybridized carbons (Fsp3) is 0.0556. The lowest BCUT2D eigenvalue weighted by atomic mass is 10.1. The Morgan fingerprint density at radius 3 is 2.50 bits per heavy atom. The molecule has 0 radical (unpaired) electrons. The summed E-state index contributed by atoms with van der Waals surface area (Å²) >= 11 is 0. The zero-order chi connectivity index (χ0) is 17.4. The number of hydroxylamine groups is 1. The number of hydrogen-bond acceptors (Lipinski definition) is 5. The molecular weight excluding hydrogens is 308 g/mol. The number of hydrogen-bond donors (Lipinski definition) is 3. The number of carbonyl (C=O) groups excluding carboxylic acids is 2. The van der Waals surface area contributed by atoms with Gasteiger partial charge in [-0.2, -0.15) is 0 Å². The molecule has 3 N–H and O–H groups in total. The quantitative estimate of drug-likeness (QED) is 0.249. The number of ketones is 1. The Kier molecular flexibility index (Phi) is 5.99. The monoisotopic (exact) mass is 324 g/mol. The minimum atomic E-state index is -0.628. The van der Waals surface area contributed by atoms with Crippen LogP contribution in [0.15, 0.2) is 59.6 Å². The van der Waals surface area contributed by atoms with Gasteiger partial charge in [-0.3, -0.25) is 19.8 Å². The molecule has 2 aromatic carbocycles. The maximum Gasteiger partial charge on any atom is 0.267 e. The number of phenols is 1. The van der Waals surface area contributed by atoms with E-state index in [4.69, 9.17) is 5.21 Å². The molecule has 0 fully saturated rings. The molecule has 0 saturated heterocycles. The Hall–Kier alpha value is -3.25. The second-order valence-electron chi connectivity index (χ2n) is 4.92. The highest BCUT2D eigenvalue weighted by Crippen LogP contribution is 2.10. The molecule has 0 heterocycles. The Bertz CT molecular complexity index is 780. The highest BCUT2D eigenvalue weighted by molar-refractivity contribution is 5.99. The van der Waals surface area contributed by atoms with Crippen LogP contribution in [0.2, 0.25) is 0 Å². The van der Waals surface area contributed by atoms with Crippen molar-refractivity contribution in [2.45, 2.75) is 0 Å². The molecule has 6 nitrogen and oxygen atoms in total. The molecule has 0 aliphatic heterocycles. The standard InChI is InChI=1S/C18H16N2O4/c21-16-3-1-2-14(10-16)11-19-12-17(22)15-7-4-13(5-8-15)6-9-18(23)20-24/h1-11,21,24H,12H2,(H,20,23)/b9-6+,19-11?. The molecule has 0 bridgehead atoms. The lowest BCUT2D eigenvalue weighted by molar-refractivity contribution is -0.124. The Morgan fingerprint density at radius 2 is 1.83 bits per heavy atom. The fourth-order valence-corrected chi connectivity index (χ4v) is 1.92. The van der Waals surface area contributed by atoms with Gasteiger partial charge in [0.2, 0.25) is 0 Å². The first-order chi connectivity index (χ1) is 11.6. The molecule has 0 spiro atoms. The van der Waals surface area contributed by atoms with Crippen LogP contribution in [-0.2, 0) is 4.79 Å². The number of carbonyl (C=O) groups is 2. The molecular formula is C18H16N2O4. The maximum atomic E-state index is 12.0. The number of nitrogens with zero attached hydrogens (tertiary/aromatic N) is 1. The highest BCUT2D eigenvalue weighted by atomic mass is 16.5. The molecule has 0 unspecified atom stereocenters.